The Morgan fingerprint density at radius 1 is 0.434 bits per heavy atom. The first-order valence-electron chi connectivity index (χ1n) is 27.7. The van der Waals surface area contributed by atoms with Crippen molar-refractivity contribution < 1.29 is 63.3 Å². The molecule has 0 bridgehead atoms. The number of aliphatic hydroxyl groups excluding tert-OH is 2. The molecule has 0 saturated heterocycles. The van der Waals surface area contributed by atoms with Crippen LogP contribution in [0.4, 0.5) is 0 Å². The summed E-state index contributed by atoms with van der Waals surface area (Å²) in [5.74, 6) is -9.45. The Balaban J connectivity index is 6.50. The fraction of sp³-hybridized carbons (Fsp3) is 0.815. The standard InChI is InChI=1S/C54H99N9O13/c1-14-16-17-18-19-20-36(65)28-45(67)56-38(23-30(3)4)48(69)59-39(24-31(5)6)49(70)57-37(21-22-44(55)66)47(68)58-40(25-32(7)8)51(72)62-43(29-64)52(73)63-46(35(13)15-2)53(74)60-41(26-33(9)10)50(71)61-42(54(75)76)27-34(11)12/h30-43,46,64-65H,14-29H2,1-13H3,(H2,55,66)(H,56,67)(H,57,70)(H,58,68)(H,59,69)(H,60,74)(H,61,71)(H,62,72)(H,63,73)(H,75,76). The molecule has 0 aliphatic rings. The number of carboxylic acid groups (broad SMARTS) is 1. The number of carbonyl (C=O) groups excluding carboxylic acids is 9. The van der Waals surface area contributed by atoms with Gasteiger partial charge in [-0.25, -0.2) is 4.79 Å². The van der Waals surface area contributed by atoms with Gasteiger partial charge in [-0.1, -0.05) is 129 Å². The first-order chi connectivity index (χ1) is 35.4. The van der Waals surface area contributed by atoms with E-state index in [9.17, 15) is 63.3 Å². The average Bonchev–Trinajstić information content (AvgIpc) is 3.30. The normalized spacial score (nSPS) is 15.5. The van der Waals surface area contributed by atoms with E-state index in [4.69, 9.17) is 5.73 Å². The molecule has 0 aliphatic carbocycles. The third kappa shape index (κ3) is 29.8. The topological polar surface area (TPSA) is 354 Å². The van der Waals surface area contributed by atoms with Crippen LogP contribution in [0.3, 0.4) is 0 Å². The van der Waals surface area contributed by atoms with E-state index < -0.39 is 126 Å². The number of carboxylic acids is 1. The second-order valence-corrected chi connectivity index (χ2v) is 22.6. The Morgan fingerprint density at radius 2 is 0.789 bits per heavy atom. The van der Waals surface area contributed by atoms with Crippen molar-refractivity contribution in [1.82, 2.24) is 42.5 Å². The van der Waals surface area contributed by atoms with E-state index in [1.54, 1.807) is 41.5 Å². The lowest BCUT2D eigenvalue weighted by Gasteiger charge is -2.30. The largest absolute Gasteiger partial charge is 0.480 e. The Hall–Kier alpha value is -5.38. The third-order valence-electron chi connectivity index (χ3n) is 12.7. The van der Waals surface area contributed by atoms with Gasteiger partial charge in [0.2, 0.25) is 53.2 Å². The number of primary amides is 1. The lowest BCUT2D eigenvalue weighted by atomic mass is 9.96. The van der Waals surface area contributed by atoms with E-state index in [1.165, 1.54) is 0 Å². The number of hydrogen-bond acceptors (Lipinski definition) is 12. The smallest absolute Gasteiger partial charge is 0.326 e. The van der Waals surface area contributed by atoms with Gasteiger partial charge in [-0.3, -0.25) is 43.2 Å². The first kappa shape index (κ1) is 70.6. The molecule has 22 heteroatoms. The molecule has 0 saturated carbocycles. The molecule has 9 amide bonds. The monoisotopic (exact) mass is 1080 g/mol. The van der Waals surface area contributed by atoms with Crippen molar-refractivity contribution in [3.8, 4) is 0 Å². The molecule has 13 N–H and O–H groups in total. The fourth-order valence-corrected chi connectivity index (χ4v) is 8.39. The lowest BCUT2D eigenvalue weighted by molar-refractivity contribution is -0.143. The van der Waals surface area contributed by atoms with Crippen molar-refractivity contribution >= 4 is 59.1 Å². The van der Waals surface area contributed by atoms with Gasteiger partial charge in [-0.15, -0.1) is 0 Å². The second kappa shape index (κ2) is 37.4. The van der Waals surface area contributed by atoms with Gasteiger partial charge in [0.25, 0.3) is 0 Å². The minimum absolute atomic E-state index is 0.00406. The van der Waals surface area contributed by atoms with Gasteiger partial charge in [0.1, 0.15) is 48.3 Å². The van der Waals surface area contributed by atoms with E-state index in [0.717, 1.165) is 32.1 Å². The summed E-state index contributed by atoms with van der Waals surface area (Å²) in [6.07, 6.45) is 4.53. The predicted octanol–water partition coefficient (Wildman–Crippen LogP) is 2.60. The number of carbonyl (C=O) groups is 10. The van der Waals surface area contributed by atoms with Crippen LogP contribution in [0.25, 0.3) is 0 Å². The van der Waals surface area contributed by atoms with E-state index in [0.29, 0.717) is 12.8 Å². The molecule has 438 valence electrons. The van der Waals surface area contributed by atoms with Crippen LogP contribution in [-0.4, -0.2) is 135 Å². The van der Waals surface area contributed by atoms with Crippen LogP contribution in [0.15, 0.2) is 0 Å². The fourth-order valence-electron chi connectivity index (χ4n) is 8.39. The zero-order valence-corrected chi connectivity index (χ0v) is 48.0. The highest BCUT2D eigenvalue weighted by Gasteiger charge is 2.37. The predicted molar refractivity (Wildman–Crippen MR) is 289 cm³/mol. The molecule has 10 atom stereocenters. The summed E-state index contributed by atoms with van der Waals surface area (Å²) in [7, 11) is 0. The number of amides is 9. The maximum atomic E-state index is 14.1. The zero-order chi connectivity index (χ0) is 58.4. The van der Waals surface area contributed by atoms with E-state index in [2.05, 4.69) is 49.5 Å². The number of aliphatic hydroxyl groups is 2. The Morgan fingerprint density at radius 3 is 1.18 bits per heavy atom. The van der Waals surface area contributed by atoms with Crippen molar-refractivity contribution in [3.05, 3.63) is 0 Å². The summed E-state index contributed by atoms with van der Waals surface area (Å²) in [6, 6.07) is -10.4. The van der Waals surface area contributed by atoms with Gasteiger partial charge < -0.3 is 63.6 Å². The van der Waals surface area contributed by atoms with Crippen LogP contribution in [0.5, 0.6) is 0 Å². The summed E-state index contributed by atoms with van der Waals surface area (Å²) in [6.45, 7) is 22.7. The molecule has 10 unspecified atom stereocenters. The first-order valence-corrected chi connectivity index (χ1v) is 27.7. The minimum atomic E-state index is -1.65. The van der Waals surface area contributed by atoms with Gasteiger partial charge in [-0.2, -0.15) is 0 Å². The van der Waals surface area contributed by atoms with Crippen molar-refractivity contribution in [2.75, 3.05) is 6.61 Å². The summed E-state index contributed by atoms with van der Waals surface area (Å²) < 4.78 is 0. The maximum absolute atomic E-state index is 14.1. The molecule has 76 heavy (non-hydrogen) atoms. The number of rotatable bonds is 40. The van der Waals surface area contributed by atoms with Crippen LogP contribution in [0, 0.1) is 35.5 Å². The number of nitrogens with one attached hydrogen (secondary N) is 8. The Bertz CT molecular complexity index is 1850. The molecule has 0 heterocycles. The van der Waals surface area contributed by atoms with Crippen molar-refractivity contribution in [2.45, 2.75) is 241 Å². The van der Waals surface area contributed by atoms with Gasteiger partial charge in [-0.05, 0) is 80.5 Å². The minimum Gasteiger partial charge on any atom is -0.480 e. The van der Waals surface area contributed by atoms with E-state index in [1.807, 2.05) is 41.5 Å². The third-order valence-corrected chi connectivity index (χ3v) is 12.7. The molecule has 0 aromatic carbocycles. The van der Waals surface area contributed by atoms with Gasteiger partial charge in [0, 0.05) is 6.42 Å². The summed E-state index contributed by atoms with van der Waals surface area (Å²) in [5, 5.41) is 51.6. The van der Waals surface area contributed by atoms with Gasteiger partial charge in [0.15, 0.2) is 0 Å². The molecule has 0 radical (unpaired) electrons. The molecule has 0 fully saturated rings. The molecule has 0 aromatic heterocycles. The van der Waals surface area contributed by atoms with Crippen LogP contribution in [-0.2, 0) is 47.9 Å². The highest BCUT2D eigenvalue weighted by molar-refractivity contribution is 5.98. The average molecular weight is 1080 g/mol. The van der Waals surface area contributed by atoms with Crippen LogP contribution < -0.4 is 48.3 Å². The number of unbranched alkanes of at least 4 members (excludes halogenated alkanes) is 4. The Kier molecular flexibility index (Phi) is 34.8. The molecule has 0 aromatic rings. The van der Waals surface area contributed by atoms with Crippen LogP contribution in [0.2, 0.25) is 0 Å². The highest BCUT2D eigenvalue weighted by atomic mass is 16.4. The molecule has 0 aliphatic heterocycles. The summed E-state index contributed by atoms with van der Waals surface area (Å²) >= 11 is 0. The molecule has 0 spiro atoms. The zero-order valence-electron chi connectivity index (χ0n) is 48.0. The SMILES string of the molecule is CCCCCCCC(O)CC(=O)NC(CC(C)C)C(=O)NC(CC(C)C)C(=O)NC(CCC(N)=O)C(=O)NC(CC(C)C)C(=O)NC(CO)C(=O)NC(C(=O)NC(CC(C)C)C(=O)NC(CC(C)C)C(=O)O)C(C)CC. The molecular formula is C54H99N9O13. The van der Waals surface area contributed by atoms with Crippen molar-refractivity contribution in [3.63, 3.8) is 0 Å². The quantitative estimate of drug-likeness (QED) is 0.0393. The van der Waals surface area contributed by atoms with E-state index in [-0.39, 0.29) is 81.0 Å². The van der Waals surface area contributed by atoms with Crippen molar-refractivity contribution in [2.24, 2.45) is 41.2 Å². The van der Waals surface area contributed by atoms with E-state index >= 15 is 0 Å². The van der Waals surface area contributed by atoms with Crippen LogP contribution in [0.1, 0.15) is 186 Å². The maximum Gasteiger partial charge on any atom is 0.326 e. The van der Waals surface area contributed by atoms with Crippen LogP contribution >= 0.6 is 0 Å². The van der Waals surface area contributed by atoms with Crippen molar-refractivity contribution in [1.29, 1.82) is 0 Å². The second-order valence-electron chi connectivity index (χ2n) is 22.6. The molecular weight excluding hydrogens is 983 g/mol. The highest BCUT2D eigenvalue weighted by Crippen LogP contribution is 2.16. The van der Waals surface area contributed by atoms with Gasteiger partial charge in [0.05, 0.1) is 19.1 Å². The summed E-state index contributed by atoms with van der Waals surface area (Å²) in [4.78, 5) is 134. The number of aliphatic carboxylic acids is 1. The number of nitrogens with two attached hydrogens (primary N) is 1. The molecule has 0 rings (SSSR count). The summed E-state index contributed by atoms with van der Waals surface area (Å²) in [5.41, 5.74) is 5.46. The Labute approximate surface area is 452 Å². The lowest BCUT2D eigenvalue weighted by Crippen LogP contribution is -2.61. The number of hydrogen-bond donors (Lipinski definition) is 12. The van der Waals surface area contributed by atoms with Gasteiger partial charge >= 0.3 is 5.97 Å². The molecule has 22 nitrogen and oxygen atoms in total.